The monoisotopic (exact) mass is 164 g/mol. The van der Waals surface area contributed by atoms with Crippen molar-refractivity contribution in [3.63, 3.8) is 0 Å². The van der Waals surface area contributed by atoms with Gasteiger partial charge in [0.2, 0.25) is 5.91 Å². The highest BCUT2D eigenvalue weighted by Gasteiger charge is 2.05. The fourth-order valence-electron chi connectivity index (χ4n) is 1.10. The van der Waals surface area contributed by atoms with Gasteiger partial charge in [-0.25, -0.2) is 0 Å². The highest BCUT2D eigenvalue weighted by Crippen LogP contribution is 2.10. The summed E-state index contributed by atoms with van der Waals surface area (Å²) >= 11 is 0. The van der Waals surface area contributed by atoms with Gasteiger partial charge in [0.05, 0.1) is 0 Å². The maximum absolute atomic E-state index is 10.9. The summed E-state index contributed by atoms with van der Waals surface area (Å²) in [5, 5.41) is 0. The third-order valence-electron chi connectivity index (χ3n) is 1.75. The van der Waals surface area contributed by atoms with Crippen LogP contribution in [0.15, 0.2) is 18.2 Å². The Morgan fingerprint density at radius 2 is 2.17 bits per heavy atom. The zero-order valence-corrected chi connectivity index (χ0v) is 7.00. The fourth-order valence-corrected chi connectivity index (χ4v) is 1.10. The molecule has 0 saturated carbocycles. The summed E-state index contributed by atoms with van der Waals surface area (Å²) in [6.45, 7) is 2.26. The first-order chi connectivity index (χ1) is 5.65. The zero-order valence-electron chi connectivity index (χ0n) is 7.00. The number of carbonyl (C=O) groups is 1. The minimum absolute atomic E-state index is 0.346. The number of hydrogen-bond donors (Lipinski definition) is 2. The van der Waals surface area contributed by atoms with Gasteiger partial charge in [-0.1, -0.05) is 17.7 Å². The SMILES string of the molecule is Cc1ccc(CN)c(C(N)=O)c1. The Labute approximate surface area is 71.4 Å². The second-order valence-electron chi connectivity index (χ2n) is 2.73. The van der Waals surface area contributed by atoms with Gasteiger partial charge in [0.15, 0.2) is 0 Å². The predicted octanol–water partition coefficient (Wildman–Crippen LogP) is 0.553. The number of carbonyl (C=O) groups excluding carboxylic acids is 1. The molecule has 1 rings (SSSR count). The van der Waals surface area contributed by atoms with Gasteiger partial charge in [-0.3, -0.25) is 4.79 Å². The first-order valence-electron chi connectivity index (χ1n) is 3.74. The lowest BCUT2D eigenvalue weighted by Gasteiger charge is -2.04. The highest BCUT2D eigenvalue weighted by molar-refractivity contribution is 5.94. The summed E-state index contributed by atoms with van der Waals surface area (Å²) in [6, 6.07) is 5.49. The average Bonchev–Trinajstić information content (AvgIpc) is 2.04. The van der Waals surface area contributed by atoms with Crippen LogP contribution in [0, 0.1) is 6.92 Å². The average molecular weight is 164 g/mol. The summed E-state index contributed by atoms with van der Waals surface area (Å²) in [6.07, 6.45) is 0. The lowest BCUT2D eigenvalue weighted by Crippen LogP contribution is -2.15. The molecule has 4 N–H and O–H groups in total. The molecule has 0 saturated heterocycles. The number of primary amides is 1. The number of benzene rings is 1. The lowest BCUT2D eigenvalue weighted by molar-refractivity contribution is 0.0999. The summed E-state index contributed by atoms with van der Waals surface area (Å²) in [5.41, 5.74) is 12.9. The molecule has 0 aliphatic heterocycles. The van der Waals surface area contributed by atoms with Crippen molar-refractivity contribution in [1.29, 1.82) is 0 Å². The van der Waals surface area contributed by atoms with Crippen molar-refractivity contribution in [3.05, 3.63) is 34.9 Å². The molecule has 0 aromatic heterocycles. The quantitative estimate of drug-likeness (QED) is 0.670. The fraction of sp³-hybridized carbons (Fsp3) is 0.222. The first-order valence-corrected chi connectivity index (χ1v) is 3.74. The highest BCUT2D eigenvalue weighted by atomic mass is 16.1. The molecule has 12 heavy (non-hydrogen) atoms. The molecular weight excluding hydrogens is 152 g/mol. The molecule has 0 bridgehead atoms. The van der Waals surface area contributed by atoms with Crippen molar-refractivity contribution in [2.75, 3.05) is 0 Å². The van der Waals surface area contributed by atoms with Crippen LogP contribution in [0.1, 0.15) is 21.5 Å². The number of rotatable bonds is 2. The molecule has 0 aliphatic carbocycles. The largest absolute Gasteiger partial charge is 0.366 e. The molecule has 1 aromatic carbocycles. The van der Waals surface area contributed by atoms with E-state index in [0.29, 0.717) is 12.1 Å². The Hall–Kier alpha value is -1.35. The van der Waals surface area contributed by atoms with E-state index in [1.807, 2.05) is 19.1 Å². The van der Waals surface area contributed by atoms with Crippen LogP contribution in [0.25, 0.3) is 0 Å². The number of amides is 1. The van der Waals surface area contributed by atoms with Crippen LogP contribution in [0.3, 0.4) is 0 Å². The smallest absolute Gasteiger partial charge is 0.249 e. The molecule has 1 aromatic rings. The van der Waals surface area contributed by atoms with Gasteiger partial charge in [-0.15, -0.1) is 0 Å². The Balaban J connectivity index is 3.21. The summed E-state index contributed by atoms with van der Waals surface area (Å²) < 4.78 is 0. The van der Waals surface area contributed by atoms with Crippen LogP contribution in [-0.4, -0.2) is 5.91 Å². The van der Waals surface area contributed by atoms with Crippen molar-refractivity contribution < 1.29 is 4.79 Å². The minimum atomic E-state index is -0.417. The molecular formula is C9H12N2O. The van der Waals surface area contributed by atoms with Crippen LogP contribution in [0.5, 0.6) is 0 Å². The van der Waals surface area contributed by atoms with E-state index in [-0.39, 0.29) is 0 Å². The molecule has 0 aliphatic rings. The van der Waals surface area contributed by atoms with E-state index in [0.717, 1.165) is 11.1 Å². The van der Waals surface area contributed by atoms with Crippen LogP contribution in [0.4, 0.5) is 0 Å². The summed E-state index contributed by atoms with van der Waals surface area (Å²) in [7, 11) is 0. The van der Waals surface area contributed by atoms with Crippen LogP contribution < -0.4 is 11.5 Å². The van der Waals surface area contributed by atoms with Crippen molar-refractivity contribution in [1.82, 2.24) is 0 Å². The van der Waals surface area contributed by atoms with Gasteiger partial charge in [0.25, 0.3) is 0 Å². The Bertz CT molecular complexity index is 307. The number of aryl methyl sites for hydroxylation is 1. The van der Waals surface area contributed by atoms with Crippen LogP contribution >= 0.6 is 0 Å². The Kier molecular flexibility index (Phi) is 2.45. The maximum atomic E-state index is 10.9. The third kappa shape index (κ3) is 1.62. The molecule has 0 unspecified atom stereocenters. The van der Waals surface area contributed by atoms with Gasteiger partial charge < -0.3 is 11.5 Å². The molecule has 0 atom stereocenters. The Morgan fingerprint density at radius 1 is 1.50 bits per heavy atom. The molecule has 0 radical (unpaired) electrons. The minimum Gasteiger partial charge on any atom is -0.366 e. The zero-order chi connectivity index (χ0) is 9.14. The van der Waals surface area contributed by atoms with Crippen LogP contribution in [-0.2, 0) is 6.54 Å². The van der Waals surface area contributed by atoms with Crippen molar-refractivity contribution in [2.45, 2.75) is 13.5 Å². The molecule has 3 nitrogen and oxygen atoms in total. The lowest BCUT2D eigenvalue weighted by atomic mass is 10.0. The second kappa shape index (κ2) is 3.36. The molecule has 0 fully saturated rings. The van der Waals surface area contributed by atoms with Crippen molar-refractivity contribution >= 4 is 5.91 Å². The van der Waals surface area contributed by atoms with E-state index in [1.54, 1.807) is 6.07 Å². The molecule has 1 amide bonds. The van der Waals surface area contributed by atoms with Crippen LogP contribution in [0.2, 0.25) is 0 Å². The van der Waals surface area contributed by atoms with Gasteiger partial charge in [0.1, 0.15) is 0 Å². The van der Waals surface area contributed by atoms with Crippen molar-refractivity contribution in [3.8, 4) is 0 Å². The maximum Gasteiger partial charge on any atom is 0.249 e. The van der Waals surface area contributed by atoms with Gasteiger partial charge in [-0.2, -0.15) is 0 Å². The third-order valence-corrected chi connectivity index (χ3v) is 1.75. The van der Waals surface area contributed by atoms with Gasteiger partial charge in [0, 0.05) is 12.1 Å². The molecule has 64 valence electrons. The molecule has 3 heteroatoms. The van der Waals surface area contributed by atoms with Gasteiger partial charge in [-0.05, 0) is 18.6 Å². The first kappa shape index (κ1) is 8.74. The summed E-state index contributed by atoms with van der Waals surface area (Å²) in [4.78, 5) is 10.9. The number of hydrogen-bond acceptors (Lipinski definition) is 2. The second-order valence-corrected chi connectivity index (χ2v) is 2.73. The van der Waals surface area contributed by atoms with Gasteiger partial charge >= 0.3 is 0 Å². The number of nitrogens with two attached hydrogens (primary N) is 2. The molecule has 0 heterocycles. The predicted molar refractivity (Wildman–Crippen MR) is 47.6 cm³/mol. The van der Waals surface area contributed by atoms with E-state index < -0.39 is 5.91 Å². The van der Waals surface area contributed by atoms with E-state index in [9.17, 15) is 4.79 Å². The standard InChI is InChI=1S/C9H12N2O/c1-6-2-3-7(5-10)8(4-6)9(11)12/h2-4H,5,10H2,1H3,(H2,11,12). The topological polar surface area (TPSA) is 69.1 Å². The van der Waals surface area contributed by atoms with E-state index in [2.05, 4.69) is 0 Å². The van der Waals surface area contributed by atoms with E-state index >= 15 is 0 Å². The Morgan fingerprint density at radius 3 is 2.67 bits per heavy atom. The van der Waals surface area contributed by atoms with E-state index in [1.165, 1.54) is 0 Å². The normalized spacial score (nSPS) is 9.83. The molecule has 0 spiro atoms. The van der Waals surface area contributed by atoms with Crippen molar-refractivity contribution in [2.24, 2.45) is 11.5 Å². The summed E-state index contributed by atoms with van der Waals surface area (Å²) in [5.74, 6) is -0.417. The van der Waals surface area contributed by atoms with E-state index in [4.69, 9.17) is 11.5 Å².